The molecule has 8 heteroatoms. The third-order valence-corrected chi connectivity index (χ3v) is 5.55. The Hall–Kier alpha value is -1.80. The largest absolute Gasteiger partial charge is 0.504 e. The number of carbonyl (C=O) groups is 1. The molecule has 21 heavy (non-hydrogen) atoms. The van der Waals surface area contributed by atoms with Gasteiger partial charge in [0.1, 0.15) is 6.04 Å². The summed E-state index contributed by atoms with van der Waals surface area (Å²) in [6.07, 6.45) is -0.0743. The maximum absolute atomic E-state index is 12.0. The van der Waals surface area contributed by atoms with Gasteiger partial charge in [0.15, 0.2) is 11.5 Å². The van der Waals surface area contributed by atoms with Crippen molar-refractivity contribution in [1.82, 2.24) is 4.31 Å². The first-order valence-electron chi connectivity index (χ1n) is 6.44. The van der Waals surface area contributed by atoms with Crippen LogP contribution in [-0.2, 0) is 21.2 Å². The van der Waals surface area contributed by atoms with Crippen LogP contribution < -0.4 is 0 Å². The molecule has 116 valence electrons. The summed E-state index contributed by atoms with van der Waals surface area (Å²) in [4.78, 5) is 11.4. The molecule has 0 aliphatic carbocycles. The van der Waals surface area contributed by atoms with Crippen LogP contribution in [0, 0.1) is 5.92 Å². The quantitative estimate of drug-likeness (QED) is 0.692. The van der Waals surface area contributed by atoms with Crippen LogP contribution in [0.15, 0.2) is 18.2 Å². The van der Waals surface area contributed by atoms with E-state index in [-0.39, 0.29) is 36.1 Å². The summed E-state index contributed by atoms with van der Waals surface area (Å²) >= 11 is 0. The molecule has 0 spiro atoms. The number of sulfonamides is 1. The van der Waals surface area contributed by atoms with Crippen LogP contribution in [0.4, 0.5) is 0 Å². The van der Waals surface area contributed by atoms with E-state index in [0.717, 1.165) is 4.31 Å². The van der Waals surface area contributed by atoms with Crippen molar-refractivity contribution in [2.75, 3.05) is 12.3 Å². The molecule has 1 aliphatic heterocycles. The highest BCUT2D eigenvalue weighted by atomic mass is 32.2. The van der Waals surface area contributed by atoms with E-state index in [1.807, 2.05) is 0 Å². The summed E-state index contributed by atoms with van der Waals surface area (Å²) in [5, 5.41) is 28.0. The molecule has 2 unspecified atom stereocenters. The average molecular weight is 315 g/mol. The number of carboxylic acid groups (broad SMARTS) is 1. The minimum absolute atomic E-state index is 0.0579. The number of aromatic hydroxyl groups is 2. The Labute approximate surface area is 122 Å². The van der Waals surface area contributed by atoms with E-state index in [1.54, 1.807) is 6.92 Å². The summed E-state index contributed by atoms with van der Waals surface area (Å²) in [6, 6.07) is 2.71. The second kappa shape index (κ2) is 5.53. The van der Waals surface area contributed by atoms with Crippen molar-refractivity contribution < 1.29 is 28.5 Å². The molecule has 0 bridgehead atoms. The maximum Gasteiger partial charge on any atom is 0.322 e. The Balaban J connectivity index is 2.28. The van der Waals surface area contributed by atoms with E-state index in [9.17, 15) is 28.5 Å². The van der Waals surface area contributed by atoms with Crippen molar-refractivity contribution in [2.45, 2.75) is 19.4 Å². The topological polar surface area (TPSA) is 115 Å². The van der Waals surface area contributed by atoms with Crippen LogP contribution >= 0.6 is 0 Å². The lowest BCUT2D eigenvalue weighted by molar-refractivity contribution is -0.141. The van der Waals surface area contributed by atoms with E-state index in [4.69, 9.17) is 0 Å². The summed E-state index contributed by atoms with van der Waals surface area (Å²) in [5.41, 5.74) is 0.437. The number of hydrogen-bond donors (Lipinski definition) is 3. The smallest absolute Gasteiger partial charge is 0.322 e. The zero-order valence-corrected chi connectivity index (χ0v) is 12.2. The van der Waals surface area contributed by atoms with E-state index >= 15 is 0 Å². The van der Waals surface area contributed by atoms with Gasteiger partial charge < -0.3 is 15.3 Å². The minimum Gasteiger partial charge on any atom is -0.504 e. The van der Waals surface area contributed by atoms with Gasteiger partial charge in [-0.3, -0.25) is 4.79 Å². The average Bonchev–Trinajstić information content (AvgIpc) is 2.63. The number of phenolic OH excluding ortho intramolecular Hbond substituents is 2. The number of aliphatic carboxylic acids is 1. The predicted molar refractivity (Wildman–Crippen MR) is 74.6 cm³/mol. The van der Waals surface area contributed by atoms with Crippen LogP contribution in [0.2, 0.25) is 0 Å². The normalized spacial score (nSPS) is 23.0. The molecule has 1 saturated heterocycles. The third-order valence-electron chi connectivity index (χ3n) is 3.45. The lowest BCUT2D eigenvalue weighted by Crippen LogP contribution is -2.43. The van der Waals surface area contributed by atoms with Crippen LogP contribution in [0.3, 0.4) is 0 Å². The Morgan fingerprint density at radius 1 is 1.38 bits per heavy atom. The van der Waals surface area contributed by atoms with E-state index < -0.39 is 22.0 Å². The highest BCUT2D eigenvalue weighted by Crippen LogP contribution is 2.28. The molecule has 1 aliphatic rings. The molecule has 0 saturated carbocycles. The van der Waals surface area contributed by atoms with E-state index in [2.05, 4.69) is 0 Å². The highest BCUT2D eigenvalue weighted by Gasteiger charge is 2.41. The van der Waals surface area contributed by atoms with Crippen molar-refractivity contribution in [3.63, 3.8) is 0 Å². The van der Waals surface area contributed by atoms with E-state index in [1.165, 1.54) is 18.2 Å². The molecular formula is C13H17NO6S. The zero-order valence-electron chi connectivity index (χ0n) is 11.4. The van der Waals surface area contributed by atoms with E-state index in [0.29, 0.717) is 5.56 Å². The first-order chi connectivity index (χ1) is 9.70. The van der Waals surface area contributed by atoms with Gasteiger partial charge in [0.25, 0.3) is 0 Å². The fraction of sp³-hybridized carbons (Fsp3) is 0.462. The van der Waals surface area contributed by atoms with Gasteiger partial charge in [0.2, 0.25) is 10.0 Å². The van der Waals surface area contributed by atoms with Crippen molar-refractivity contribution in [3.8, 4) is 11.5 Å². The summed E-state index contributed by atoms with van der Waals surface area (Å²) < 4.78 is 25.0. The first kappa shape index (κ1) is 15.6. The molecule has 2 rings (SSSR count). The fourth-order valence-corrected chi connectivity index (χ4v) is 4.53. The SMILES string of the molecule is CC1CN(C(Cc2ccc(O)c(O)c2)C(=O)O)S(=O)(=O)C1. The van der Waals surface area contributed by atoms with Gasteiger partial charge in [-0.15, -0.1) is 0 Å². The number of benzene rings is 1. The lowest BCUT2D eigenvalue weighted by Gasteiger charge is -2.23. The molecule has 0 aromatic heterocycles. The molecular weight excluding hydrogens is 298 g/mol. The second-order valence-corrected chi connectivity index (χ2v) is 7.30. The van der Waals surface area contributed by atoms with Crippen LogP contribution in [-0.4, -0.2) is 52.4 Å². The van der Waals surface area contributed by atoms with Crippen LogP contribution in [0.25, 0.3) is 0 Å². The molecule has 1 heterocycles. The molecule has 7 nitrogen and oxygen atoms in total. The van der Waals surface area contributed by atoms with Gasteiger partial charge in [0, 0.05) is 6.54 Å². The van der Waals surface area contributed by atoms with Crippen molar-refractivity contribution in [2.24, 2.45) is 5.92 Å². The van der Waals surface area contributed by atoms with Gasteiger partial charge in [-0.1, -0.05) is 13.0 Å². The summed E-state index contributed by atoms with van der Waals surface area (Å²) in [7, 11) is -3.58. The Morgan fingerprint density at radius 3 is 2.52 bits per heavy atom. The summed E-state index contributed by atoms with van der Waals surface area (Å²) in [5.74, 6) is -2.09. The number of nitrogens with zero attached hydrogens (tertiary/aromatic N) is 1. The zero-order chi connectivity index (χ0) is 15.8. The van der Waals surface area contributed by atoms with Gasteiger partial charge >= 0.3 is 5.97 Å². The molecule has 1 fully saturated rings. The Bertz CT molecular complexity index is 657. The molecule has 1 aromatic rings. The van der Waals surface area contributed by atoms with Crippen molar-refractivity contribution in [3.05, 3.63) is 23.8 Å². The maximum atomic E-state index is 12.0. The van der Waals surface area contributed by atoms with Crippen molar-refractivity contribution in [1.29, 1.82) is 0 Å². The highest BCUT2D eigenvalue weighted by molar-refractivity contribution is 7.89. The van der Waals surface area contributed by atoms with Crippen LogP contribution in [0.5, 0.6) is 11.5 Å². The third kappa shape index (κ3) is 3.27. The Kier molecular flexibility index (Phi) is 4.11. The van der Waals surface area contributed by atoms with Gasteiger partial charge in [-0.25, -0.2) is 8.42 Å². The standard InChI is InChI=1S/C13H17NO6S/c1-8-6-14(21(19,20)7-8)10(13(17)18)4-9-2-3-11(15)12(16)5-9/h2-3,5,8,10,15-16H,4,6-7H2,1H3,(H,17,18). The van der Waals surface area contributed by atoms with Gasteiger partial charge in [0.05, 0.1) is 5.75 Å². The predicted octanol–water partition coefficient (Wildman–Crippen LogP) is 0.375. The lowest BCUT2D eigenvalue weighted by atomic mass is 10.0. The number of hydrogen-bond acceptors (Lipinski definition) is 5. The molecule has 1 aromatic carbocycles. The molecule has 0 radical (unpaired) electrons. The molecule has 2 atom stereocenters. The fourth-order valence-electron chi connectivity index (χ4n) is 2.48. The summed E-state index contributed by atoms with van der Waals surface area (Å²) in [6.45, 7) is 1.92. The second-order valence-electron chi connectivity index (χ2n) is 5.33. The minimum atomic E-state index is -3.58. The molecule has 0 amide bonds. The van der Waals surface area contributed by atoms with Gasteiger partial charge in [-0.2, -0.15) is 4.31 Å². The number of phenols is 2. The van der Waals surface area contributed by atoms with Gasteiger partial charge in [-0.05, 0) is 30.0 Å². The van der Waals surface area contributed by atoms with Crippen LogP contribution in [0.1, 0.15) is 12.5 Å². The number of carboxylic acids is 1. The van der Waals surface area contributed by atoms with Crippen molar-refractivity contribution >= 4 is 16.0 Å². The monoisotopic (exact) mass is 315 g/mol. The molecule has 3 N–H and O–H groups in total. The number of rotatable bonds is 4. The first-order valence-corrected chi connectivity index (χ1v) is 8.05. The Morgan fingerprint density at radius 2 is 2.05 bits per heavy atom.